The van der Waals surface area contributed by atoms with E-state index in [2.05, 4.69) is 10.6 Å². The number of hydrogen-bond acceptors (Lipinski definition) is 6. The van der Waals surface area contributed by atoms with Crippen LogP contribution >= 0.6 is 0 Å². The summed E-state index contributed by atoms with van der Waals surface area (Å²) in [5.41, 5.74) is 0. The summed E-state index contributed by atoms with van der Waals surface area (Å²) >= 11 is 0. The Morgan fingerprint density at radius 1 is 0.871 bits per heavy atom. The molecule has 4 atom stereocenters. The van der Waals surface area contributed by atoms with Crippen LogP contribution in [0.15, 0.2) is 45.6 Å². The van der Waals surface area contributed by atoms with Gasteiger partial charge in [-0.15, -0.1) is 0 Å². The quantitative estimate of drug-likeness (QED) is 0.602. The van der Waals surface area contributed by atoms with Crippen molar-refractivity contribution in [2.24, 2.45) is 11.8 Å². The second-order valence-corrected chi connectivity index (χ2v) is 8.62. The minimum absolute atomic E-state index is 0.0539. The molecule has 2 aromatic rings. The summed E-state index contributed by atoms with van der Waals surface area (Å²) in [5.74, 6) is 0.872. The first-order valence-electron chi connectivity index (χ1n) is 10.8. The van der Waals surface area contributed by atoms with Gasteiger partial charge in [0.2, 0.25) is 11.8 Å². The smallest absolute Gasteiger partial charge is 0.223 e. The monoisotopic (exact) mass is 430 g/mol. The van der Waals surface area contributed by atoms with Crippen molar-refractivity contribution in [1.82, 2.24) is 20.4 Å². The zero-order chi connectivity index (χ0) is 22.4. The first-order chi connectivity index (χ1) is 14.9. The molecule has 2 aromatic heterocycles. The van der Waals surface area contributed by atoms with Crippen molar-refractivity contribution in [3.63, 3.8) is 0 Å². The fourth-order valence-corrected chi connectivity index (χ4v) is 4.28. The minimum atomic E-state index is -0.305. The molecule has 170 valence electrons. The highest BCUT2D eigenvalue weighted by molar-refractivity contribution is 5.88. The molecule has 2 amide bonds. The van der Waals surface area contributed by atoms with E-state index >= 15 is 0 Å². The van der Waals surface area contributed by atoms with Gasteiger partial charge in [-0.1, -0.05) is 6.42 Å². The standard InChI is InChI=1S/C23H34N4O4/c1-26(2)18(20-10-6-12-30-20)14-24-22(28)16-8-5-9-17(16)23(29)25-15-19(27(3)4)21-11-7-13-31-21/h6-7,10-13,16-19H,5,8-9,14-15H2,1-4H3,(H,24,28)(H,25,29)/t16-,17+,18-,19-/m1/s1. The van der Waals surface area contributed by atoms with Crippen molar-refractivity contribution in [3.8, 4) is 0 Å². The third-order valence-corrected chi connectivity index (χ3v) is 6.12. The van der Waals surface area contributed by atoms with Crippen molar-refractivity contribution < 1.29 is 18.4 Å². The molecule has 0 saturated heterocycles. The first kappa shape index (κ1) is 23.1. The topological polar surface area (TPSA) is 91.0 Å². The maximum absolute atomic E-state index is 12.9. The van der Waals surface area contributed by atoms with Crippen LogP contribution in [0.5, 0.6) is 0 Å². The SMILES string of the molecule is CN(C)[C@H](CNC(=O)[C@H]1CCC[C@H]1C(=O)NC[C@H](c1ccco1)N(C)C)c1ccco1. The van der Waals surface area contributed by atoms with Gasteiger partial charge in [0.1, 0.15) is 11.5 Å². The second-order valence-electron chi connectivity index (χ2n) is 8.62. The summed E-state index contributed by atoms with van der Waals surface area (Å²) in [6.45, 7) is 0.872. The molecule has 1 fully saturated rings. The molecule has 1 aliphatic carbocycles. The summed E-state index contributed by atoms with van der Waals surface area (Å²) in [6, 6.07) is 7.39. The molecular formula is C23H34N4O4. The Labute approximate surface area is 183 Å². The molecule has 0 bridgehead atoms. The molecule has 0 spiro atoms. The maximum atomic E-state index is 12.9. The van der Waals surface area contributed by atoms with Crippen LogP contribution < -0.4 is 10.6 Å². The molecule has 3 rings (SSSR count). The highest BCUT2D eigenvalue weighted by Gasteiger charge is 2.38. The van der Waals surface area contributed by atoms with Crippen molar-refractivity contribution in [3.05, 3.63) is 48.3 Å². The number of amides is 2. The van der Waals surface area contributed by atoms with E-state index in [0.717, 1.165) is 30.8 Å². The van der Waals surface area contributed by atoms with Crippen molar-refractivity contribution in [2.45, 2.75) is 31.3 Å². The lowest BCUT2D eigenvalue weighted by molar-refractivity contribution is -0.133. The zero-order valence-corrected chi connectivity index (χ0v) is 18.8. The van der Waals surface area contributed by atoms with Crippen LogP contribution in [0.2, 0.25) is 0 Å². The van der Waals surface area contributed by atoms with E-state index in [0.29, 0.717) is 13.1 Å². The van der Waals surface area contributed by atoms with Crippen LogP contribution in [0.25, 0.3) is 0 Å². The summed E-state index contributed by atoms with van der Waals surface area (Å²) in [4.78, 5) is 29.9. The number of furan rings is 2. The molecule has 8 nitrogen and oxygen atoms in total. The summed E-state index contributed by atoms with van der Waals surface area (Å²) in [7, 11) is 7.80. The van der Waals surface area contributed by atoms with Gasteiger partial charge in [-0.05, 0) is 65.3 Å². The predicted molar refractivity (Wildman–Crippen MR) is 117 cm³/mol. The molecule has 0 aromatic carbocycles. The van der Waals surface area contributed by atoms with Gasteiger partial charge in [0.05, 0.1) is 24.6 Å². The normalized spacial score (nSPS) is 20.7. The lowest BCUT2D eigenvalue weighted by Crippen LogP contribution is -2.43. The molecule has 2 N–H and O–H groups in total. The number of hydrogen-bond donors (Lipinski definition) is 2. The first-order valence-corrected chi connectivity index (χ1v) is 10.8. The minimum Gasteiger partial charge on any atom is -0.468 e. The van der Waals surface area contributed by atoms with Crippen LogP contribution in [0, 0.1) is 11.8 Å². The van der Waals surface area contributed by atoms with E-state index in [1.807, 2.05) is 62.3 Å². The molecular weight excluding hydrogens is 396 g/mol. The fourth-order valence-electron chi connectivity index (χ4n) is 4.28. The lowest BCUT2D eigenvalue weighted by atomic mass is 9.94. The van der Waals surface area contributed by atoms with Gasteiger partial charge in [-0.2, -0.15) is 0 Å². The van der Waals surface area contributed by atoms with Crippen molar-refractivity contribution in [2.75, 3.05) is 41.3 Å². The molecule has 31 heavy (non-hydrogen) atoms. The van der Waals surface area contributed by atoms with Crippen molar-refractivity contribution in [1.29, 1.82) is 0 Å². The third kappa shape index (κ3) is 5.77. The van der Waals surface area contributed by atoms with Gasteiger partial charge in [-0.25, -0.2) is 0 Å². The van der Waals surface area contributed by atoms with Gasteiger partial charge in [-0.3, -0.25) is 19.4 Å². The maximum Gasteiger partial charge on any atom is 0.223 e. The number of carbonyl (C=O) groups excluding carboxylic acids is 2. The number of nitrogens with one attached hydrogen (secondary N) is 2. The van der Waals surface area contributed by atoms with Crippen LogP contribution in [-0.4, -0.2) is 62.9 Å². The number of carbonyl (C=O) groups is 2. The van der Waals surface area contributed by atoms with Gasteiger partial charge in [0.25, 0.3) is 0 Å². The average Bonchev–Trinajstić information content (AvgIpc) is 3.49. The molecule has 2 heterocycles. The van der Waals surface area contributed by atoms with E-state index in [4.69, 9.17) is 8.83 Å². The Hall–Kier alpha value is -2.58. The number of likely N-dealkylation sites (N-methyl/N-ethyl adjacent to an activating group) is 2. The van der Waals surface area contributed by atoms with E-state index in [-0.39, 0.29) is 35.7 Å². The predicted octanol–water partition coefficient (Wildman–Crippen LogP) is 2.43. The molecule has 0 unspecified atom stereocenters. The highest BCUT2D eigenvalue weighted by atomic mass is 16.3. The van der Waals surface area contributed by atoms with Crippen molar-refractivity contribution >= 4 is 11.8 Å². The molecule has 1 saturated carbocycles. The van der Waals surface area contributed by atoms with Gasteiger partial charge in [0.15, 0.2) is 0 Å². The van der Waals surface area contributed by atoms with Crippen LogP contribution in [0.4, 0.5) is 0 Å². The Kier molecular flexibility index (Phi) is 7.92. The van der Waals surface area contributed by atoms with E-state index < -0.39 is 0 Å². The van der Waals surface area contributed by atoms with E-state index in [9.17, 15) is 9.59 Å². The van der Waals surface area contributed by atoms with Gasteiger partial charge < -0.3 is 19.5 Å². The Morgan fingerprint density at radius 3 is 1.61 bits per heavy atom. The molecule has 0 aliphatic heterocycles. The Morgan fingerprint density at radius 2 is 1.29 bits per heavy atom. The second kappa shape index (κ2) is 10.6. The number of rotatable bonds is 10. The Bertz CT molecular complexity index is 749. The van der Waals surface area contributed by atoms with Gasteiger partial charge in [0, 0.05) is 24.9 Å². The Balaban J connectivity index is 1.55. The fraction of sp³-hybridized carbons (Fsp3) is 0.565. The molecule has 8 heteroatoms. The summed E-state index contributed by atoms with van der Waals surface area (Å²) in [6.07, 6.45) is 5.60. The highest BCUT2D eigenvalue weighted by Crippen LogP contribution is 2.32. The largest absolute Gasteiger partial charge is 0.468 e. The summed E-state index contributed by atoms with van der Waals surface area (Å²) < 4.78 is 11.0. The molecule has 1 aliphatic rings. The zero-order valence-electron chi connectivity index (χ0n) is 18.8. The van der Waals surface area contributed by atoms with E-state index in [1.54, 1.807) is 12.5 Å². The molecule has 0 radical (unpaired) electrons. The van der Waals surface area contributed by atoms with Crippen LogP contribution in [0.3, 0.4) is 0 Å². The van der Waals surface area contributed by atoms with Gasteiger partial charge >= 0.3 is 0 Å². The lowest BCUT2D eigenvalue weighted by Gasteiger charge is -2.26. The number of nitrogens with zero attached hydrogens (tertiary/aromatic N) is 2. The average molecular weight is 431 g/mol. The van der Waals surface area contributed by atoms with E-state index in [1.165, 1.54) is 0 Å². The third-order valence-electron chi connectivity index (χ3n) is 6.12. The van der Waals surface area contributed by atoms with Crippen LogP contribution in [-0.2, 0) is 9.59 Å². The summed E-state index contributed by atoms with van der Waals surface area (Å²) in [5, 5.41) is 6.08. The van der Waals surface area contributed by atoms with Crippen LogP contribution in [0.1, 0.15) is 42.9 Å².